The number of hydrogen-bond acceptors (Lipinski definition) is 3. The first-order valence-electron chi connectivity index (χ1n) is 4.88. The van der Waals surface area contributed by atoms with Crippen molar-refractivity contribution in [1.82, 2.24) is 4.57 Å². The number of nitrogens with zero attached hydrogens (tertiary/aromatic N) is 3. The second-order valence-electron chi connectivity index (χ2n) is 3.59. The molecular formula is C10H9N3OS. The molecule has 3 rings (SSSR count). The minimum absolute atomic E-state index is 0.715. The number of aryl methyl sites for hydroxylation is 2. The van der Waals surface area contributed by atoms with Gasteiger partial charge in [0.15, 0.2) is 0 Å². The maximum Gasteiger partial charge on any atom is 0.215 e. The number of rotatable bonds is 1. The van der Waals surface area contributed by atoms with Crippen LogP contribution in [0.4, 0.5) is 0 Å². The van der Waals surface area contributed by atoms with E-state index in [9.17, 15) is 4.91 Å². The monoisotopic (exact) mass is 219 g/mol. The highest BCUT2D eigenvalue weighted by Crippen LogP contribution is 2.26. The molecule has 76 valence electrons. The highest BCUT2D eigenvalue weighted by molar-refractivity contribution is 7.16. The second kappa shape index (κ2) is 3.27. The van der Waals surface area contributed by atoms with Gasteiger partial charge in [0.2, 0.25) is 4.80 Å². The molecule has 15 heavy (non-hydrogen) atoms. The van der Waals surface area contributed by atoms with E-state index in [1.165, 1.54) is 27.1 Å². The van der Waals surface area contributed by atoms with Crippen LogP contribution in [0.2, 0.25) is 0 Å². The Balaban J connectivity index is 2.48. The van der Waals surface area contributed by atoms with Crippen molar-refractivity contribution in [1.29, 1.82) is 0 Å². The van der Waals surface area contributed by atoms with Crippen molar-refractivity contribution in [3.05, 3.63) is 33.5 Å². The lowest BCUT2D eigenvalue weighted by atomic mass is 10.1. The Bertz CT molecular complexity index is 596. The van der Waals surface area contributed by atoms with Gasteiger partial charge in [-0.15, -0.1) is 4.91 Å². The van der Waals surface area contributed by atoms with Crippen LogP contribution >= 0.6 is 11.3 Å². The third-order valence-corrected chi connectivity index (χ3v) is 3.77. The van der Waals surface area contributed by atoms with Crippen LogP contribution in [0.15, 0.2) is 28.6 Å². The van der Waals surface area contributed by atoms with Crippen molar-refractivity contribution in [2.24, 2.45) is 10.4 Å². The van der Waals surface area contributed by atoms with Gasteiger partial charge in [0.25, 0.3) is 0 Å². The molecule has 0 N–H and O–H groups in total. The lowest BCUT2D eigenvalue weighted by molar-refractivity contribution is 0.617. The van der Waals surface area contributed by atoms with Gasteiger partial charge < -0.3 is 4.57 Å². The minimum Gasteiger partial charge on any atom is -0.315 e. The van der Waals surface area contributed by atoms with Crippen LogP contribution < -0.4 is 4.80 Å². The summed E-state index contributed by atoms with van der Waals surface area (Å²) >= 11 is 1.53. The summed E-state index contributed by atoms with van der Waals surface area (Å²) < 4.78 is 3.29. The predicted molar refractivity (Wildman–Crippen MR) is 59.5 cm³/mol. The van der Waals surface area contributed by atoms with Crippen molar-refractivity contribution in [3.63, 3.8) is 0 Å². The van der Waals surface area contributed by atoms with E-state index < -0.39 is 0 Å². The zero-order chi connectivity index (χ0) is 10.3. The molecule has 0 saturated carbocycles. The number of aromatic nitrogens is 1. The summed E-state index contributed by atoms with van der Waals surface area (Å²) in [5.74, 6) is 0. The summed E-state index contributed by atoms with van der Waals surface area (Å²) in [6.07, 6.45) is 2.22. The van der Waals surface area contributed by atoms with Crippen molar-refractivity contribution in [2.75, 3.05) is 0 Å². The number of thiazole rings is 1. The molecule has 1 aliphatic heterocycles. The van der Waals surface area contributed by atoms with E-state index in [2.05, 4.69) is 33.2 Å². The number of benzene rings is 1. The van der Waals surface area contributed by atoms with E-state index in [0.717, 1.165) is 19.4 Å². The van der Waals surface area contributed by atoms with Crippen molar-refractivity contribution in [2.45, 2.75) is 19.4 Å². The molecule has 1 aromatic heterocycles. The normalized spacial score (nSPS) is 15.9. The van der Waals surface area contributed by atoms with Crippen molar-refractivity contribution < 1.29 is 0 Å². The maximum absolute atomic E-state index is 10.2. The van der Waals surface area contributed by atoms with E-state index in [4.69, 9.17) is 0 Å². The first-order valence-corrected chi connectivity index (χ1v) is 5.69. The Labute approximate surface area is 89.8 Å². The molecule has 0 fully saturated rings. The van der Waals surface area contributed by atoms with Gasteiger partial charge in [0.1, 0.15) is 0 Å². The topological polar surface area (TPSA) is 46.7 Å². The molecule has 0 spiro atoms. The molecule has 1 aromatic carbocycles. The highest BCUT2D eigenvalue weighted by Gasteiger charge is 2.14. The maximum atomic E-state index is 10.2. The fourth-order valence-electron chi connectivity index (χ4n) is 2.15. The summed E-state index contributed by atoms with van der Waals surface area (Å²) in [4.78, 5) is 10.9. The Morgan fingerprint density at radius 2 is 2.33 bits per heavy atom. The average Bonchev–Trinajstić information content (AvgIpc) is 2.61. The molecule has 0 unspecified atom stereocenters. The lowest BCUT2D eigenvalue weighted by Crippen LogP contribution is -2.18. The van der Waals surface area contributed by atoms with E-state index in [-0.39, 0.29) is 0 Å². The lowest BCUT2D eigenvalue weighted by Gasteiger charge is -2.14. The molecule has 0 atom stereocenters. The summed E-state index contributed by atoms with van der Waals surface area (Å²) in [6, 6.07) is 6.26. The zero-order valence-corrected chi connectivity index (χ0v) is 8.83. The van der Waals surface area contributed by atoms with Gasteiger partial charge in [-0.05, 0) is 24.5 Å². The van der Waals surface area contributed by atoms with Crippen LogP contribution in [-0.2, 0) is 13.0 Å². The van der Waals surface area contributed by atoms with Gasteiger partial charge in [-0.1, -0.05) is 28.6 Å². The highest BCUT2D eigenvalue weighted by atomic mass is 32.1. The summed E-state index contributed by atoms with van der Waals surface area (Å²) in [5.41, 5.74) is 2.58. The van der Waals surface area contributed by atoms with Crippen LogP contribution in [-0.4, -0.2) is 4.57 Å². The zero-order valence-electron chi connectivity index (χ0n) is 8.01. The molecule has 0 amide bonds. The first kappa shape index (κ1) is 8.79. The van der Waals surface area contributed by atoms with Gasteiger partial charge in [0, 0.05) is 6.54 Å². The van der Waals surface area contributed by atoms with Gasteiger partial charge in [-0.25, -0.2) is 0 Å². The molecule has 0 aliphatic carbocycles. The Morgan fingerprint density at radius 1 is 1.40 bits per heavy atom. The molecule has 2 aromatic rings. The van der Waals surface area contributed by atoms with Crippen molar-refractivity contribution >= 4 is 21.6 Å². The third-order valence-electron chi connectivity index (χ3n) is 2.74. The molecule has 1 aliphatic rings. The number of para-hydroxylation sites is 1. The number of hydrogen-bond donors (Lipinski definition) is 0. The minimum atomic E-state index is 0.715. The van der Waals surface area contributed by atoms with Gasteiger partial charge >= 0.3 is 0 Å². The third kappa shape index (κ3) is 1.23. The van der Waals surface area contributed by atoms with Gasteiger partial charge in [0.05, 0.1) is 15.5 Å². The van der Waals surface area contributed by atoms with Crippen LogP contribution in [0, 0.1) is 4.91 Å². The Kier molecular flexibility index (Phi) is 1.92. The summed E-state index contributed by atoms with van der Waals surface area (Å²) in [5, 5.41) is 6.27. The number of nitroso groups, excluding NO2 is 1. The average molecular weight is 219 g/mol. The smallest absolute Gasteiger partial charge is 0.215 e. The fourth-order valence-corrected chi connectivity index (χ4v) is 3.20. The van der Waals surface area contributed by atoms with Crippen LogP contribution in [0.3, 0.4) is 0 Å². The quantitative estimate of drug-likeness (QED) is 0.536. The molecular weight excluding hydrogens is 210 g/mol. The molecule has 0 bridgehead atoms. The standard InChI is InChI=1S/C10H9N3OS/c14-12-11-10-13-6-2-4-7-3-1-5-8(15-10)9(7)13/h1,3,5H,2,4,6H2/b11-10-. The molecule has 2 heterocycles. The SMILES string of the molecule is O=N/N=c1\sc2cccc3c2n1CCC3. The molecule has 4 nitrogen and oxygen atoms in total. The summed E-state index contributed by atoms with van der Waals surface area (Å²) in [6.45, 7) is 0.936. The van der Waals surface area contributed by atoms with Crippen molar-refractivity contribution in [3.8, 4) is 0 Å². The Morgan fingerprint density at radius 3 is 3.20 bits per heavy atom. The van der Waals surface area contributed by atoms with E-state index in [1.807, 2.05) is 0 Å². The fraction of sp³-hybridized carbons (Fsp3) is 0.300. The summed E-state index contributed by atoms with van der Waals surface area (Å²) in [7, 11) is 0. The largest absolute Gasteiger partial charge is 0.315 e. The first-order chi connectivity index (χ1) is 7.40. The second-order valence-corrected chi connectivity index (χ2v) is 4.59. The van der Waals surface area contributed by atoms with E-state index in [0.29, 0.717) is 4.80 Å². The Hall–Kier alpha value is -1.49. The van der Waals surface area contributed by atoms with Crippen LogP contribution in [0.5, 0.6) is 0 Å². The van der Waals surface area contributed by atoms with E-state index in [1.54, 1.807) is 0 Å². The van der Waals surface area contributed by atoms with Crippen LogP contribution in [0.1, 0.15) is 12.0 Å². The van der Waals surface area contributed by atoms with Gasteiger partial charge in [-0.3, -0.25) is 0 Å². The molecule has 5 heteroatoms. The van der Waals surface area contributed by atoms with Gasteiger partial charge in [-0.2, -0.15) is 0 Å². The molecule has 0 saturated heterocycles. The van der Waals surface area contributed by atoms with E-state index >= 15 is 0 Å². The molecule has 0 radical (unpaired) electrons. The predicted octanol–water partition coefficient (Wildman–Crippen LogP) is 2.23. The van der Waals surface area contributed by atoms with Crippen LogP contribution in [0.25, 0.3) is 10.2 Å².